The number of carbonyl (C=O) groups excluding carboxylic acids is 3. The van der Waals surface area contributed by atoms with E-state index in [4.69, 9.17) is 32.9 Å². The quantitative estimate of drug-likeness (QED) is 0.209. The molecule has 1 unspecified atom stereocenters. The van der Waals surface area contributed by atoms with E-state index in [-0.39, 0.29) is 37.3 Å². The van der Waals surface area contributed by atoms with Crippen LogP contribution in [0.15, 0.2) is 42.5 Å². The first-order valence-corrected chi connectivity index (χ1v) is 14.4. The molecule has 0 aliphatic rings. The van der Waals surface area contributed by atoms with Gasteiger partial charge >= 0.3 is 5.97 Å². The molecule has 1 aromatic heterocycles. The van der Waals surface area contributed by atoms with E-state index in [1.165, 1.54) is 19.1 Å². The van der Waals surface area contributed by atoms with Crippen LogP contribution in [0.2, 0.25) is 0 Å². The summed E-state index contributed by atoms with van der Waals surface area (Å²) in [6.07, 6.45) is 0.772. The molecular formula is C29H39Cl3FN5O4. The molecule has 0 saturated heterocycles. The van der Waals surface area contributed by atoms with Gasteiger partial charge in [0.2, 0.25) is 11.8 Å². The average molecular weight is 647 g/mol. The van der Waals surface area contributed by atoms with Crippen LogP contribution in [0, 0.1) is 12.7 Å². The number of benzene rings is 2. The van der Waals surface area contributed by atoms with Crippen LogP contribution >= 0.6 is 35.6 Å². The van der Waals surface area contributed by atoms with E-state index in [1.807, 2.05) is 36.7 Å². The maximum atomic E-state index is 12.5. The van der Waals surface area contributed by atoms with Crippen molar-refractivity contribution in [2.75, 3.05) is 42.9 Å². The summed E-state index contributed by atoms with van der Waals surface area (Å²) in [5, 5.41) is 5.15. The van der Waals surface area contributed by atoms with E-state index < -0.39 is 17.9 Å². The van der Waals surface area contributed by atoms with Gasteiger partial charge in [-0.3, -0.25) is 14.4 Å². The Morgan fingerprint density at radius 3 is 2.29 bits per heavy atom. The van der Waals surface area contributed by atoms with E-state index in [1.54, 1.807) is 19.1 Å². The summed E-state index contributed by atoms with van der Waals surface area (Å²) in [7, 11) is 1.91. The van der Waals surface area contributed by atoms with Gasteiger partial charge in [-0.2, -0.15) is 0 Å². The van der Waals surface area contributed by atoms with Crippen molar-refractivity contribution in [2.24, 2.45) is 7.05 Å². The first kappa shape index (κ1) is 36.9. The predicted octanol–water partition coefficient (Wildman–Crippen LogP) is 4.53. The number of aryl methyl sites for hydroxylation is 3. The number of carbonyl (C=O) groups is 3. The molecular weight excluding hydrogens is 608 g/mol. The topological polar surface area (TPSA) is 106 Å². The summed E-state index contributed by atoms with van der Waals surface area (Å²) in [4.78, 5) is 42.5. The Morgan fingerprint density at radius 1 is 1.10 bits per heavy atom. The molecule has 42 heavy (non-hydrogen) atoms. The van der Waals surface area contributed by atoms with Crippen LogP contribution in [0.4, 0.5) is 10.1 Å². The lowest BCUT2D eigenvalue weighted by molar-refractivity contribution is -0.143. The molecule has 0 bridgehead atoms. The number of alkyl halides is 2. The molecule has 0 saturated carbocycles. The molecule has 0 radical (unpaired) electrons. The average Bonchev–Trinajstić information content (AvgIpc) is 3.26. The van der Waals surface area contributed by atoms with Crippen LogP contribution in [0.1, 0.15) is 31.7 Å². The Labute approximate surface area is 262 Å². The van der Waals surface area contributed by atoms with Gasteiger partial charge in [0.05, 0.1) is 17.6 Å². The van der Waals surface area contributed by atoms with Gasteiger partial charge in [-0.1, -0.05) is 17.7 Å². The Morgan fingerprint density at radius 2 is 1.74 bits per heavy atom. The summed E-state index contributed by atoms with van der Waals surface area (Å²) in [5.74, 6) is 0.274. The number of hydrogen-bond acceptors (Lipinski definition) is 6. The van der Waals surface area contributed by atoms with Crippen LogP contribution in [-0.2, 0) is 32.6 Å². The van der Waals surface area contributed by atoms with Gasteiger partial charge < -0.3 is 24.8 Å². The van der Waals surface area contributed by atoms with Crippen LogP contribution in [-0.4, -0.2) is 71.4 Å². The lowest BCUT2D eigenvalue weighted by atomic mass is 10.1. The SMILES string of the molecule is CCOC(=O)CNC(=O)C(CCc1nc2cc(N(CCCl)CCCl)ccc2n1C)NC(C)=O.Cc1ccc(F)cc1.Cl. The molecule has 1 heterocycles. The molecule has 13 heteroatoms. The third kappa shape index (κ3) is 12.0. The Balaban J connectivity index is 0.000000843. The van der Waals surface area contributed by atoms with Gasteiger partial charge in [-0.15, -0.1) is 35.6 Å². The number of aromatic nitrogens is 2. The number of ether oxygens (including phenoxy) is 1. The highest BCUT2D eigenvalue weighted by Gasteiger charge is 2.21. The van der Waals surface area contributed by atoms with Crippen LogP contribution in [0.25, 0.3) is 11.0 Å². The fraction of sp³-hybridized carbons (Fsp3) is 0.448. The summed E-state index contributed by atoms with van der Waals surface area (Å²) >= 11 is 11.8. The van der Waals surface area contributed by atoms with Gasteiger partial charge in [0, 0.05) is 50.9 Å². The van der Waals surface area contributed by atoms with Crippen molar-refractivity contribution in [3.63, 3.8) is 0 Å². The molecule has 2 aromatic carbocycles. The summed E-state index contributed by atoms with van der Waals surface area (Å²) in [5.41, 5.74) is 3.85. The minimum Gasteiger partial charge on any atom is -0.465 e. The van der Waals surface area contributed by atoms with E-state index in [2.05, 4.69) is 15.5 Å². The second-order valence-corrected chi connectivity index (χ2v) is 9.99. The molecule has 2 N–H and O–H groups in total. The number of halogens is 4. The van der Waals surface area contributed by atoms with E-state index >= 15 is 0 Å². The molecule has 9 nitrogen and oxygen atoms in total. The highest BCUT2D eigenvalue weighted by molar-refractivity contribution is 6.18. The standard InChI is InChI=1S/C22H31Cl2N5O4.C7H7F.ClH/c1-4-33-21(31)14-25-22(32)17(26-15(2)30)6-8-20-27-18-13-16(5-7-19(18)28(20)3)29(11-9-23)12-10-24;1-6-2-4-7(8)5-3-6;/h5,7,13,17H,4,6,8-12,14H2,1-3H3,(H,25,32)(H,26,30);2-5H,1H3;1H. The lowest BCUT2D eigenvalue weighted by Gasteiger charge is -2.22. The fourth-order valence-corrected chi connectivity index (χ4v) is 4.46. The fourth-order valence-electron chi connectivity index (χ4n) is 4.05. The first-order chi connectivity index (χ1) is 19.6. The van der Waals surface area contributed by atoms with Crippen LogP contribution in [0.3, 0.4) is 0 Å². The molecule has 0 spiro atoms. The molecule has 0 fully saturated rings. The van der Waals surface area contributed by atoms with Gasteiger partial charge in [-0.25, -0.2) is 9.37 Å². The van der Waals surface area contributed by atoms with Gasteiger partial charge in [0.25, 0.3) is 0 Å². The zero-order chi connectivity index (χ0) is 30.4. The van der Waals surface area contributed by atoms with Crippen LogP contribution < -0.4 is 15.5 Å². The number of anilines is 1. The first-order valence-electron chi connectivity index (χ1n) is 13.3. The highest BCUT2D eigenvalue weighted by Crippen LogP contribution is 2.23. The van der Waals surface area contributed by atoms with Crippen molar-refractivity contribution in [1.29, 1.82) is 0 Å². The van der Waals surface area contributed by atoms with Crippen molar-refractivity contribution < 1.29 is 23.5 Å². The molecule has 3 aromatic rings. The number of nitrogens with zero attached hydrogens (tertiary/aromatic N) is 3. The maximum Gasteiger partial charge on any atom is 0.325 e. The number of hydrogen-bond donors (Lipinski definition) is 2. The summed E-state index contributed by atoms with van der Waals surface area (Å²) < 4.78 is 18.9. The van der Waals surface area contributed by atoms with Gasteiger partial charge in [0.1, 0.15) is 24.2 Å². The number of esters is 1. The largest absolute Gasteiger partial charge is 0.465 e. The summed E-state index contributed by atoms with van der Waals surface area (Å²) in [6.45, 7) is 6.30. The zero-order valence-corrected chi connectivity index (χ0v) is 26.6. The molecule has 3 rings (SSSR count). The van der Waals surface area contributed by atoms with Crippen molar-refractivity contribution in [3.05, 3.63) is 59.7 Å². The Hall–Kier alpha value is -3.08. The highest BCUT2D eigenvalue weighted by atomic mass is 35.5. The molecule has 0 aliphatic carbocycles. The normalized spacial score (nSPS) is 11.0. The molecule has 0 aliphatic heterocycles. The van der Waals surface area contributed by atoms with Crippen molar-refractivity contribution in [2.45, 2.75) is 39.7 Å². The van der Waals surface area contributed by atoms with Crippen molar-refractivity contribution >= 4 is 70.1 Å². The smallest absolute Gasteiger partial charge is 0.325 e. The molecule has 232 valence electrons. The van der Waals surface area contributed by atoms with E-state index in [0.717, 1.165) is 28.1 Å². The van der Waals surface area contributed by atoms with Crippen molar-refractivity contribution in [1.82, 2.24) is 20.2 Å². The summed E-state index contributed by atoms with van der Waals surface area (Å²) in [6, 6.07) is 11.6. The second kappa shape index (κ2) is 19.2. The zero-order valence-electron chi connectivity index (χ0n) is 24.3. The number of amides is 2. The molecule has 2 amide bonds. The van der Waals surface area contributed by atoms with Gasteiger partial charge in [0.15, 0.2) is 0 Å². The third-order valence-electron chi connectivity index (χ3n) is 6.10. The Kier molecular flexibility index (Phi) is 16.9. The third-order valence-corrected chi connectivity index (χ3v) is 6.44. The minimum atomic E-state index is -0.796. The Bertz CT molecular complexity index is 1260. The predicted molar refractivity (Wildman–Crippen MR) is 168 cm³/mol. The van der Waals surface area contributed by atoms with E-state index in [9.17, 15) is 18.8 Å². The molecule has 1 atom stereocenters. The lowest BCUT2D eigenvalue weighted by Crippen LogP contribution is -2.47. The van der Waals surface area contributed by atoms with Crippen LogP contribution in [0.5, 0.6) is 0 Å². The second-order valence-electron chi connectivity index (χ2n) is 9.24. The van der Waals surface area contributed by atoms with Crippen molar-refractivity contribution in [3.8, 4) is 0 Å². The maximum absolute atomic E-state index is 12.5. The van der Waals surface area contributed by atoms with Gasteiger partial charge in [-0.05, 0) is 50.6 Å². The monoisotopic (exact) mass is 645 g/mol. The number of rotatable bonds is 13. The minimum absolute atomic E-state index is 0. The number of nitrogens with one attached hydrogen (secondary N) is 2. The number of imidazole rings is 1. The van der Waals surface area contributed by atoms with E-state index in [0.29, 0.717) is 37.7 Å². The number of fused-ring (bicyclic) bond motifs is 1.